The zero-order valence-electron chi connectivity index (χ0n) is 12.8. The number of amides is 1. The summed E-state index contributed by atoms with van der Waals surface area (Å²) in [7, 11) is 0. The van der Waals surface area contributed by atoms with Crippen LogP contribution in [0.15, 0.2) is 42.5 Å². The van der Waals surface area contributed by atoms with Crippen molar-refractivity contribution in [3.63, 3.8) is 0 Å². The van der Waals surface area contributed by atoms with Gasteiger partial charge in [0.1, 0.15) is 18.2 Å². The summed E-state index contributed by atoms with van der Waals surface area (Å²) in [6.07, 6.45) is 0. The van der Waals surface area contributed by atoms with E-state index in [1.54, 1.807) is 24.3 Å². The van der Waals surface area contributed by atoms with Gasteiger partial charge >= 0.3 is 0 Å². The van der Waals surface area contributed by atoms with Crippen molar-refractivity contribution in [1.29, 1.82) is 0 Å². The molecule has 5 nitrogen and oxygen atoms in total. The number of benzene rings is 2. The summed E-state index contributed by atoms with van der Waals surface area (Å²) in [5, 5.41) is 2.50. The Morgan fingerprint density at radius 2 is 2.00 bits per heavy atom. The number of carbonyl (C=O) groups is 1. The molecule has 122 valence electrons. The molecule has 0 unspecified atom stereocenters. The molecular weight excluding hydrogens is 299 g/mol. The van der Waals surface area contributed by atoms with Gasteiger partial charge in [-0.15, -0.1) is 0 Å². The lowest BCUT2D eigenvalue weighted by molar-refractivity contribution is 0.0997. The van der Waals surface area contributed by atoms with Crippen LogP contribution in [0, 0.1) is 5.82 Å². The second-order valence-corrected chi connectivity index (χ2v) is 4.73. The van der Waals surface area contributed by atoms with E-state index in [1.807, 2.05) is 6.92 Å². The third-order valence-electron chi connectivity index (χ3n) is 3.06. The molecule has 0 saturated carbocycles. The number of ether oxygens (including phenoxy) is 2. The summed E-state index contributed by atoms with van der Waals surface area (Å²) in [4.78, 5) is 12.4. The number of nitrogen functional groups attached to an aromatic ring is 1. The molecule has 1 amide bonds. The van der Waals surface area contributed by atoms with Crippen molar-refractivity contribution in [2.24, 2.45) is 0 Å². The Morgan fingerprint density at radius 3 is 2.78 bits per heavy atom. The number of hydrogen-bond donors (Lipinski definition) is 2. The van der Waals surface area contributed by atoms with Crippen LogP contribution >= 0.6 is 0 Å². The number of hydrogen-bond acceptors (Lipinski definition) is 4. The topological polar surface area (TPSA) is 73.6 Å². The first kappa shape index (κ1) is 16.8. The van der Waals surface area contributed by atoms with Gasteiger partial charge in [-0.25, -0.2) is 4.39 Å². The number of halogens is 1. The van der Waals surface area contributed by atoms with E-state index >= 15 is 0 Å². The van der Waals surface area contributed by atoms with Gasteiger partial charge in [-0.2, -0.15) is 0 Å². The van der Waals surface area contributed by atoms with E-state index in [2.05, 4.69) is 5.32 Å². The predicted octanol–water partition coefficient (Wildman–Crippen LogP) is 3.08. The average molecular weight is 318 g/mol. The van der Waals surface area contributed by atoms with E-state index < -0.39 is 11.7 Å². The fourth-order valence-corrected chi connectivity index (χ4v) is 1.96. The van der Waals surface area contributed by atoms with Gasteiger partial charge in [-0.05, 0) is 37.3 Å². The van der Waals surface area contributed by atoms with Gasteiger partial charge in [0.25, 0.3) is 5.91 Å². The highest BCUT2D eigenvalue weighted by Gasteiger charge is 2.14. The number of rotatable bonds is 7. The smallest absolute Gasteiger partial charge is 0.259 e. The molecule has 0 aliphatic rings. The summed E-state index contributed by atoms with van der Waals surface area (Å²) < 4.78 is 24.5. The third kappa shape index (κ3) is 4.69. The number of para-hydroxylation sites is 1. The van der Waals surface area contributed by atoms with Gasteiger partial charge in [0.15, 0.2) is 0 Å². The summed E-state index contributed by atoms with van der Waals surface area (Å²) in [5.74, 6) is -0.613. The van der Waals surface area contributed by atoms with Gasteiger partial charge < -0.3 is 20.5 Å². The maximum Gasteiger partial charge on any atom is 0.259 e. The van der Waals surface area contributed by atoms with Crippen molar-refractivity contribution < 1.29 is 18.7 Å². The number of anilines is 2. The molecule has 0 saturated heterocycles. The molecule has 2 aromatic carbocycles. The van der Waals surface area contributed by atoms with Gasteiger partial charge in [0.2, 0.25) is 0 Å². The van der Waals surface area contributed by atoms with Gasteiger partial charge in [-0.1, -0.05) is 12.1 Å². The SMILES string of the molecule is CCOCCOc1ccccc1C(=O)Nc1cc(N)ccc1F. The van der Waals surface area contributed by atoms with E-state index in [9.17, 15) is 9.18 Å². The van der Waals surface area contributed by atoms with Crippen LogP contribution in [0.1, 0.15) is 17.3 Å². The van der Waals surface area contributed by atoms with Crippen molar-refractivity contribution >= 4 is 17.3 Å². The van der Waals surface area contributed by atoms with Crippen molar-refractivity contribution in [3.8, 4) is 5.75 Å². The molecule has 0 aromatic heterocycles. The van der Waals surface area contributed by atoms with Gasteiger partial charge in [-0.3, -0.25) is 4.79 Å². The quantitative estimate of drug-likeness (QED) is 0.608. The van der Waals surface area contributed by atoms with E-state index in [0.29, 0.717) is 36.8 Å². The Hall–Kier alpha value is -2.60. The van der Waals surface area contributed by atoms with Crippen LogP contribution in [0.4, 0.5) is 15.8 Å². The summed E-state index contributed by atoms with van der Waals surface area (Å²) in [5.41, 5.74) is 6.31. The fraction of sp³-hybridized carbons (Fsp3) is 0.235. The second-order valence-electron chi connectivity index (χ2n) is 4.73. The summed E-state index contributed by atoms with van der Waals surface area (Å²) in [6.45, 7) is 3.24. The lowest BCUT2D eigenvalue weighted by atomic mass is 10.1. The monoisotopic (exact) mass is 318 g/mol. The van der Waals surface area contributed by atoms with Crippen LogP contribution in [-0.2, 0) is 4.74 Å². The van der Waals surface area contributed by atoms with Crippen LogP contribution in [-0.4, -0.2) is 25.7 Å². The summed E-state index contributed by atoms with van der Waals surface area (Å²) in [6, 6.07) is 10.7. The van der Waals surface area contributed by atoms with Crippen LogP contribution < -0.4 is 15.8 Å². The van der Waals surface area contributed by atoms with Crippen molar-refractivity contribution in [2.75, 3.05) is 30.9 Å². The first-order valence-electron chi connectivity index (χ1n) is 7.27. The molecule has 0 fully saturated rings. The molecule has 0 radical (unpaired) electrons. The highest BCUT2D eigenvalue weighted by Crippen LogP contribution is 2.22. The van der Waals surface area contributed by atoms with Crippen LogP contribution in [0.2, 0.25) is 0 Å². The van der Waals surface area contributed by atoms with E-state index in [1.165, 1.54) is 18.2 Å². The number of carbonyl (C=O) groups excluding carboxylic acids is 1. The van der Waals surface area contributed by atoms with Crippen LogP contribution in [0.25, 0.3) is 0 Å². The molecule has 0 heterocycles. The minimum absolute atomic E-state index is 0.0270. The van der Waals surface area contributed by atoms with Crippen molar-refractivity contribution in [2.45, 2.75) is 6.92 Å². The average Bonchev–Trinajstić information content (AvgIpc) is 2.55. The standard InChI is InChI=1S/C17H19FN2O3/c1-2-22-9-10-23-16-6-4-3-5-13(16)17(21)20-15-11-12(19)7-8-14(15)18/h3-8,11H,2,9-10,19H2,1H3,(H,20,21). The Labute approximate surface area is 134 Å². The van der Waals surface area contributed by atoms with Crippen molar-refractivity contribution in [1.82, 2.24) is 0 Å². The largest absolute Gasteiger partial charge is 0.490 e. The minimum Gasteiger partial charge on any atom is -0.490 e. The molecule has 0 aliphatic carbocycles. The predicted molar refractivity (Wildman–Crippen MR) is 87.2 cm³/mol. The molecular formula is C17H19FN2O3. The molecule has 3 N–H and O–H groups in total. The number of nitrogens with two attached hydrogens (primary N) is 1. The normalized spacial score (nSPS) is 10.3. The Morgan fingerprint density at radius 1 is 1.22 bits per heavy atom. The van der Waals surface area contributed by atoms with Crippen LogP contribution in [0.5, 0.6) is 5.75 Å². The van der Waals surface area contributed by atoms with Gasteiger partial charge in [0, 0.05) is 12.3 Å². The molecule has 0 aliphatic heterocycles. The highest BCUT2D eigenvalue weighted by molar-refractivity contribution is 6.06. The molecule has 0 bridgehead atoms. The molecule has 0 spiro atoms. The molecule has 0 atom stereocenters. The minimum atomic E-state index is -0.553. The first-order valence-corrected chi connectivity index (χ1v) is 7.27. The zero-order chi connectivity index (χ0) is 16.7. The lowest BCUT2D eigenvalue weighted by Gasteiger charge is -2.12. The maximum absolute atomic E-state index is 13.7. The molecule has 23 heavy (non-hydrogen) atoms. The third-order valence-corrected chi connectivity index (χ3v) is 3.06. The molecule has 2 rings (SSSR count). The van der Waals surface area contributed by atoms with E-state index in [0.717, 1.165) is 0 Å². The summed E-state index contributed by atoms with van der Waals surface area (Å²) >= 11 is 0. The second kappa shape index (κ2) is 8.14. The first-order chi connectivity index (χ1) is 11.1. The molecule has 6 heteroatoms. The van der Waals surface area contributed by atoms with Gasteiger partial charge in [0.05, 0.1) is 17.9 Å². The van der Waals surface area contributed by atoms with E-state index in [4.69, 9.17) is 15.2 Å². The Balaban J connectivity index is 2.11. The Bertz CT molecular complexity index is 677. The Kier molecular flexibility index (Phi) is 5.94. The highest BCUT2D eigenvalue weighted by atomic mass is 19.1. The lowest BCUT2D eigenvalue weighted by Crippen LogP contribution is -2.16. The van der Waals surface area contributed by atoms with Crippen molar-refractivity contribution in [3.05, 3.63) is 53.8 Å². The van der Waals surface area contributed by atoms with E-state index in [-0.39, 0.29) is 5.69 Å². The number of nitrogens with one attached hydrogen (secondary N) is 1. The van der Waals surface area contributed by atoms with Crippen LogP contribution in [0.3, 0.4) is 0 Å². The zero-order valence-corrected chi connectivity index (χ0v) is 12.8. The maximum atomic E-state index is 13.7. The fourth-order valence-electron chi connectivity index (χ4n) is 1.96. The molecule has 2 aromatic rings.